The Kier molecular flexibility index (Phi) is 4.47. The van der Waals surface area contributed by atoms with E-state index in [2.05, 4.69) is 20.8 Å². The molecule has 4 nitrogen and oxygen atoms in total. The molecule has 2 rings (SSSR count). The van der Waals surface area contributed by atoms with Gasteiger partial charge in [-0.2, -0.15) is 0 Å². The summed E-state index contributed by atoms with van der Waals surface area (Å²) in [5.41, 5.74) is 5.05. The number of benzene rings is 1. The van der Waals surface area contributed by atoms with E-state index in [4.69, 9.17) is 10.5 Å². The molecule has 1 amide bonds. The number of nitrogens with two attached hydrogens (primary N) is 1. The molecule has 1 saturated heterocycles. The summed E-state index contributed by atoms with van der Waals surface area (Å²) in [5.74, 6) is 0.656. The van der Waals surface area contributed by atoms with Crippen molar-refractivity contribution >= 4 is 21.8 Å². The Morgan fingerprint density at radius 2 is 2.16 bits per heavy atom. The minimum atomic E-state index is -0.377. The molecule has 104 valence electrons. The van der Waals surface area contributed by atoms with Crippen LogP contribution in [0, 0.1) is 5.41 Å². The summed E-state index contributed by atoms with van der Waals surface area (Å²) in [5, 5.41) is 0. The van der Waals surface area contributed by atoms with Gasteiger partial charge in [-0.3, -0.25) is 9.69 Å². The molecule has 1 heterocycles. The first kappa shape index (κ1) is 14.3. The van der Waals surface area contributed by atoms with E-state index in [1.165, 1.54) is 0 Å². The van der Waals surface area contributed by atoms with Crippen molar-refractivity contribution in [3.8, 4) is 5.75 Å². The quantitative estimate of drug-likeness (QED) is 0.900. The third-order valence-corrected chi connectivity index (χ3v) is 4.17. The van der Waals surface area contributed by atoms with Crippen molar-refractivity contribution in [3.05, 3.63) is 28.7 Å². The molecule has 0 aliphatic carbocycles. The van der Waals surface area contributed by atoms with Crippen LogP contribution in [0.3, 0.4) is 0 Å². The fourth-order valence-corrected chi connectivity index (χ4v) is 2.54. The molecule has 1 aliphatic rings. The number of hydrogen-bond donors (Lipinski definition) is 1. The number of carbonyl (C=O) groups is 1. The predicted octanol–water partition coefficient (Wildman–Crippen LogP) is 2.03. The highest BCUT2D eigenvalue weighted by Crippen LogP contribution is 2.29. The molecule has 1 aromatic rings. The molecule has 1 atom stereocenters. The van der Waals surface area contributed by atoms with Crippen molar-refractivity contribution in [2.45, 2.75) is 13.3 Å². The van der Waals surface area contributed by atoms with Gasteiger partial charge in [-0.05, 0) is 44.2 Å². The molecule has 5 heteroatoms. The van der Waals surface area contributed by atoms with Crippen LogP contribution >= 0.6 is 15.9 Å². The van der Waals surface area contributed by atoms with Crippen molar-refractivity contribution in [1.82, 2.24) is 4.90 Å². The largest absolute Gasteiger partial charge is 0.492 e. The maximum atomic E-state index is 11.4. The Bertz CT molecular complexity index is 449. The smallest absolute Gasteiger partial charge is 0.224 e. The summed E-state index contributed by atoms with van der Waals surface area (Å²) in [6.07, 6.45) is 0.834. The number of halogens is 1. The maximum absolute atomic E-state index is 11.4. The van der Waals surface area contributed by atoms with E-state index in [0.717, 1.165) is 36.3 Å². The first-order valence-corrected chi connectivity index (χ1v) is 7.19. The number of hydrogen-bond acceptors (Lipinski definition) is 3. The number of likely N-dealkylation sites (tertiary alicyclic amines) is 1. The average molecular weight is 327 g/mol. The molecule has 0 saturated carbocycles. The normalized spacial score (nSPS) is 23.5. The van der Waals surface area contributed by atoms with Gasteiger partial charge in [0, 0.05) is 17.6 Å². The fourth-order valence-electron chi connectivity index (χ4n) is 2.27. The summed E-state index contributed by atoms with van der Waals surface area (Å²) in [4.78, 5) is 13.6. The van der Waals surface area contributed by atoms with Gasteiger partial charge in [0.2, 0.25) is 5.91 Å². The third kappa shape index (κ3) is 3.70. The monoisotopic (exact) mass is 326 g/mol. The minimum absolute atomic E-state index is 0.205. The van der Waals surface area contributed by atoms with Gasteiger partial charge in [0.1, 0.15) is 12.4 Å². The molecule has 0 aromatic heterocycles. The van der Waals surface area contributed by atoms with Crippen molar-refractivity contribution in [2.24, 2.45) is 11.1 Å². The van der Waals surface area contributed by atoms with E-state index in [-0.39, 0.29) is 11.3 Å². The molecule has 19 heavy (non-hydrogen) atoms. The Balaban J connectivity index is 1.75. The summed E-state index contributed by atoms with van der Waals surface area (Å²) >= 11 is 3.39. The van der Waals surface area contributed by atoms with Crippen LogP contribution in [0.5, 0.6) is 5.75 Å². The fraction of sp³-hybridized carbons (Fsp3) is 0.500. The Labute approximate surface area is 122 Å². The standard InChI is InChI=1S/C14H19BrN2O2/c1-14(13(16)18)6-7-17(10-14)8-9-19-12-4-2-11(15)3-5-12/h2-5H,6-10H2,1H3,(H2,16,18). The van der Waals surface area contributed by atoms with Gasteiger partial charge in [0.25, 0.3) is 0 Å². The van der Waals surface area contributed by atoms with Crippen LogP contribution in [-0.2, 0) is 4.79 Å². The number of amides is 1. The van der Waals surface area contributed by atoms with Crippen LogP contribution in [0.25, 0.3) is 0 Å². The Morgan fingerprint density at radius 1 is 1.47 bits per heavy atom. The minimum Gasteiger partial charge on any atom is -0.492 e. The SMILES string of the molecule is CC1(C(N)=O)CCN(CCOc2ccc(Br)cc2)C1. The van der Waals surface area contributed by atoms with E-state index in [0.29, 0.717) is 6.61 Å². The first-order chi connectivity index (χ1) is 8.99. The highest BCUT2D eigenvalue weighted by atomic mass is 79.9. The van der Waals surface area contributed by atoms with Crippen molar-refractivity contribution in [1.29, 1.82) is 0 Å². The highest BCUT2D eigenvalue weighted by molar-refractivity contribution is 9.10. The molecule has 1 fully saturated rings. The Hall–Kier alpha value is -1.07. The van der Waals surface area contributed by atoms with Crippen LogP contribution in [0.1, 0.15) is 13.3 Å². The molecular weight excluding hydrogens is 308 g/mol. The second-order valence-electron chi connectivity index (χ2n) is 5.25. The summed E-state index contributed by atoms with van der Waals surface area (Å²) in [6.45, 7) is 5.01. The number of carbonyl (C=O) groups excluding carboxylic acids is 1. The second kappa shape index (κ2) is 5.92. The zero-order chi connectivity index (χ0) is 13.9. The summed E-state index contributed by atoms with van der Waals surface area (Å²) < 4.78 is 6.71. The molecule has 2 N–H and O–H groups in total. The topological polar surface area (TPSA) is 55.6 Å². The maximum Gasteiger partial charge on any atom is 0.224 e. The third-order valence-electron chi connectivity index (χ3n) is 3.64. The number of nitrogens with zero attached hydrogens (tertiary/aromatic N) is 1. The average Bonchev–Trinajstić information content (AvgIpc) is 2.75. The number of rotatable bonds is 5. The number of primary amides is 1. The molecule has 1 aromatic carbocycles. The van der Waals surface area contributed by atoms with Crippen LogP contribution in [0.15, 0.2) is 28.7 Å². The first-order valence-electron chi connectivity index (χ1n) is 6.40. The van der Waals surface area contributed by atoms with Gasteiger partial charge < -0.3 is 10.5 Å². The predicted molar refractivity (Wildman–Crippen MR) is 78.0 cm³/mol. The molecule has 0 bridgehead atoms. The van der Waals surface area contributed by atoms with E-state index in [1.807, 2.05) is 31.2 Å². The van der Waals surface area contributed by atoms with E-state index in [1.54, 1.807) is 0 Å². The summed E-state index contributed by atoms with van der Waals surface area (Å²) in [7, 11) is 0. The van der Waals surface area contributed by atoms with Gasteiger partial charge in [-0.15, -0.1) is 0 Å². The lowest BCUT2D eigenvalue weighted by Gasteiger charge is -2.21. The van der Waals surface area contributed by atoms with Crippen LogP contribution < -0.4 is 10.5 Å². The molecule has 1 aliphatic heterocycles. The molecule has 1 unspecified atom stereocenters. The van der Waals surface area contributed by atoms with Gasteiger partial charge >= 0.3 is 0 Å². The van der Waals surface area contributed by atoms with Gasteiger partial charge in [0.05, 0.1) is 5.41 Å². The summed E-state index contributed by atoms with van der Waals surface area (Å²) in [6, 6.07) is 7.77. The number of ether oxygens (including phenoxy) is 1. The van der Waals surface area contributed by atoms with Gasteiger partial charge in [0.15, 0.2) is 0 Å². The zero-order valence-electron chi connectivity index (χ0n) is 11.1. The molecule has 0 radical (unpaired) electrons. The molecular formula is C14H19BrN2O2. The van der Waals surface area contributed by atoms with Crippen LogP contribution in [-0.4, -0.2) is 37.0 Å². The second-order valence-corrected chi connectivity index (χ2v) is 6.17. The highest BCUT2D eigenvalue weighted by Gasteiger charge is 2.38. The lowest BCUT2D eigenvalue weighted by atomic mass is 9.89. The lowest BCUT2D eigenvalue weighted by Crippen LogP contribution is -2.37. The van der Waals surface area contributed by atoms with Crippen LogP contribution in [0.4, 0.5) is 0 Å². The van der Waals surface area contributed by atoms with Crippen molar-refractivity contribution < 1.29 is 9.53 Å². The van der Waals surface area contributed by atoms with Gasteiger partial charge in [-0.25, -0.2) is 0 Å². The molecule has 0 spiro atoms. The van der Waals surface area contributed by atoms with E-state index < -0.39 is 0 Å². The van der Waals surface area contributed by atoms with Crippen LogP contribution in [0.2, 0.25) is 0 Å². The lowest BCUT2D eigenvalue weighted by molar-refractivity contribution is -0.126. The zero-order valence-corrected chi connectivity index (χ0v) is 12.6. The van der Waals surface area contributed by atoms with Crippen molar-refractivity contribution in [2.75, 3.05) is 26.2 Å². The van der Waals surface area contributed by atoms with Gasteiger partial charge in [-0.1, -0.05) is 15.9 Å². The van der Waals surface area contributed by atoms with Crippen molar-refractivity contribution in [3.63, 3.8) is 0 Å². The Morgan fingerprint density at radius 3 is 2.74 bits per heavy atom. The van der Waals surface area contributed by atoms with E-state index >= 15 is 0 Å². The van der Waals surface area contributed by atoms with E-state index in [9.17, 15) is 4.79 Å².